The number of carbonyl (C=O) groups is 1. The van der Waals surface area contributed by atoms with Gasteiger partial charge >= 0.3 is 0 Å². The molecule has 1 atom stereocenters. The smallest absolute Gasteiger partial charge is 0.233 e. The summed E-state index contributed by atoms with van der Waals surface area (Å²) in [4.78, 5) is 11.2. The number of hydrogen-bond donors (Lipinski definition) is 1. The second-order valence-corrected chi connectivity index (χ2v) is 4.98. The summed E-state index contributed by atoms with van der Waals surface area (Å²) in [7, 11) is 0. The Balaban J connectivity index is 3.57. The first-order chi connectivity index (χ1) is 5.57. The van der Waals surface area contributed by atoms with Crippen molar-refractivity contribution in [3.63, 3.8) is 0 Å². The molecule has 1 amide bonds. The number of alkyl halides is 2. The third-order valence-electron chi connectivity index (χ3n) is 1.33. The molecule has 2 nitrogen and oxygen atoms in total. The molecule has 0 aromatic heterocycles. The average Bonchev–Trinajstić information content (AvgIpc) is 2.00. The molecule has 0 saturated carbocycles. The van der Waals surface area contributed by atoms with Gasteiger partial charge in [-0.05, 0) is 12.3 Å². The molecule has 0 aliphatic rings. The molecular weight excluding hydrogens is 286 g/mol. The lowest BCUT2D eigenvalue weighted by atomic mass is 10.2. The molecule has 0 bridgehead atoms. The largest absolute Gasteiger partial charge is 0.355 e. The van der Waals surface area contributed by atoms with E-state index < -0.39 is 0 Å². The molecule has 72 valence electrons. The van der Waals surface area contributed by atoms with Crippen molar-refractivity contribution in [2.45, 2.75) is 25.1 Å². The van der Waals surface area contributed by atoms with Gasteiger partial charge in [-0.25, -0.2) is 0 Å². The highest BCUT2D eigenvalue weighted by Crippen LogP contribution is 2.07. The zero-order valence-corrected chi connectivity index (χ0v) is 10.6. The molecule has 0 aromatic rings. The van der Waals surface area contributed by atoms with Gasteiger partial charge < -0.3 is 5.32 Å². The summed E-state index contributed by atoms with van der Waals surface area (Å²) in [5, 5.41) is 3.71. The monoisotopic (exact) mass is 299 g/mol. The molecule has 0 saturated heterocycles. The van der Waals surface area contributed by atoms with Gasteiger partial charge in [0.2, 0.25) is 5.91 Å². The second kappa shape index (κ2) is 6.89. The average molecular weight is 301 g/mol. The van der Waals surface area contributed by atoms with E-state index in [4.69, 9.17) is 0 Å². The molecule has 0 aromatic carbocycles. The highest BCUT2D eigenvalue weighted by Gasteiger charge is 2.12. The fourth-order valence-electron chi connectivity index (χ4n) is 0.642. The number of rotatable bonds is 5. The fraction of sp³-hybridized carbons (Fsp3) is 0.875. The quantitative estimate of drug-likeness (QED) is 0.776. The number of hydrogen-bond acceptors (Lipinski definition) is 1. The van der Waals surface area contributed by atoms with Crippen LogP contribution in [0.4, 0.5) is 0 Å². The summed E-state index contributed by atoms with van der Waals surface area (Å²) in [6, 6.07) is 0. The lowest BCUT2D eigenvalue weighted by Crippen LogP contribution is -2.33. The third kappa shape index (κ3) is 6.00. The van der Waals surface area contributed by atoms with E-state index in [1.165, 1.54) is 0 Å². The summed E-state index contributed by atoms with van der Waals surface area (Å²) in [5.41, 5.74) is 0. The van der Waals surface area contributed by atoms with Crippen LogP contribution in [0.5, 0.6) is 0 Å². The lowest BCUT2D eigenvalue weighted by molar-refractivity contribution is -0.120. The molecule has 0 rings (SSSR count). The number of carbonyl (C=O) groups excluding carboxylic acids is 1. The lowest BCUT2D eigenvalue weighted by Gasteiger charge is -2.10. The van der Waals surface area contributed by atoms with Crippen LogP contribution in [0.15, 0.2) is 0 Å². The Morgan fingerprint density at radius 3 is 2.50 bits per heavy atom. The molecule has 1 unspecified atom stereocenters. The van der Waals surface area contributed by atoms with E-state index in [-0.39, 0.29) is 10.7 Å². The standard InChI is InChI=1S/C8H15Br2NO/c1-6(2)5-11-8(12)7(10)3-4-9/h6-7H,3-5H2,1-2H3,(H,11,12). The maximum absolute atomic E-state index is 11.3. The normalized spacial score (nSPS) is 13.1. The zero-order valence-electron chi connectivity index (χ0n) is 7.44. The molecule has 0 spiro atoms. The van der Waals surface area contributed by atoms with Crippen LogP contribution in [0.25, 0.3) is 0 Å². The van der Waals surface area contributed by atoms with E-state index in [0.29, 0.717) is 5.92 Å². The second-order valence-electron chi connectivity index (χ2n) is 3.08. The Kier molecular flexibility index (Phi) is 7.14. The zero-order chi connectivity index (χ0) is 9.56. The Bertz CT molecular complexity index is 139. The van der Waals surface area contributed by atoms with Gasteiger partial charge in [0.15, 0.2) is 0 Å². The predicted molar refractivity (Wildman–Crippen MR) is 59.0 cm³/mol. The molecular formula is C8H15Br2NO. The molecule has 0 heterocycles. The van der Waals surface area contributed by atoms with E-state index in [1.807, 2.05) is 0 Å². The summed E-state index contributed by atoms with van der Waals surface area (Å²) in [6.07, 6.45) is 0.823. The van der Waals surface area contributed by atoms with Crippen LogP contribution in [0.3, 0.4) is 0 Å². The highest BCUT2D eigenvalue weighted by atomic mass is 79.9. The van der Waals surface area contributed by atoms with Gasteiger partial charge in [-0.2, -0.15) is 0 Å². The number of nitrogens with one attached hydrogen (secondary N) is 1. The topological polar surface area (TPSA) is 29.1 Å². The van der Waals surface area contributed by atoms with Gasteiger partial charge in [0.25, 0.3) is 0 Å². The third-order valence-corrected chi connectivity index (χ3v) is 2.66. The fourth-order valence-corrected chi connectivity index (χ4v) is 2.11. The Labute approximate surface area is 90.7 Å². The van der Waals surface area contributed by atoms with E-state index in [2.05, 4.69) is 51.0 Å². The van der Waals surface area contributed by atoms with Crippen LogP contribution in [0.1, 0.15) is 20.3 Å². The van der Waals surface area contributed by atoms with Gasteiger partial charge in [-0.15, -0.1) is 0 Å². The van der Waals surface area contributed by atoms with E-state index in [1.54, 1.807) is 0 Å². The van der Waals surface area contributed by atoms with Gasteiger partial charge in [0.1, 0.15) is 0 Å². The van der Waals surface area contributed by atoms with Crippen LogP contribution in [-0.2, 0) is 4.79 Å². The van der Waals surface area contributed by atoms with Crippen LogP contribution >= 0.6 is 31.9 Å². The Hall–Kier alpha value is 0.430. The first-order valence-electron chi connectivity index (χ1n) is 4.05. The van der Waals surface area contributed by atoms with Crippen LogP contribution in [0, 0.1) is 5.92 Å². The molecule has 0 fully saturated rings. The molecule has 0 aliphatic carbocycles. The summed E-state index contributed by atoms with van der Waals surface area (Å²) in [6.45, 7) is 4.91. The summed E-state index contributed by atoms with van der Waals surface area (Å²) in [5.74, 6) is 0.598. The van der Waals surface area contributed by atoms with Crippen LogP contribution < -0.4 is 5.32 Å². The van der Waals surface area contributed by atoms with Gasteiger partial charge in [-0.3, -0.25) is 4.79 Å². The predicted octanol–water partition coefficient (Wildman–Crippen LogP) is 2.31. The summed E-state index contributed by atoms with van der Waals surface area (Å²) >= 11 is 6.60. The van der Waals surface area contributed by atoms with Crippen molar-refractivity contribution in [2.24, 2.45) is 5.92 Å². The first-order valence-corrected chi connectivity index (χ1v) is 6.09. The van der Waals surface area contributed by atoms with Crippen molar-refractivity contribution in [2.75, 3.05) is 11.9 Å². The Morgan fingerprint density at radius 1 is 1.50 bits per heavy atom. The highest BCUT2D eigenvalue weighted by molar-refractivity contribution is 9.10. The van der Waals surface area contributed by atoms with Crippen LogP contribution in [-0.4, -0.2) is 22.6 Å². The summed E-state index contributed by atoms with van der Waals surface area (Å²) < 4.78 is 0. The van der Waals surface area contributed by atoms with E-state index in [0.717, 1.165) is 18.3 Å². The van der Waals surface area contributed by atoms with E-state index in [9.17, 15) is 4.79 Å². The molecule has 1 N–H and O–H groups in total. The van der Waals surface area contributed by atoms with Gasteiger partial charge in [0, 0.05) is 11.9 Å². The maximum Gasteiger partial charge on any atom is 0.233 e. The van der Waals surface area contributed by atoms with Gasteiger partial charge in [-0.1, -0.05) is 45.7 Å². The SMILES string of the molecule is CC(C)CNC(=O)C(Br)CCBr. The maximum atomic E-state index is 11.3. The van der Waals surface area contributed by atoms with E-state index >= 15 is 0 Å². The number of amides is 1. The van der Waals surface area contributed by atoms with Crippen molar-refractivity contribution >= 4 is 37.8 Å². The number of halogens is 2. The van der Waals surface area contributed by atoms with Crippen LogP contribution in [0.2, 0.25) is 0 Å². The molecule has 12 heavy (non-hydrogen) atoms. The van der Waals surface area contributed by atoms with Crippen molar-refractivity contribution < 1.29 is 4.79 Å². The minimum Gasteiger partial charge on any atom is -0.355 e. The van der Waals surface area contributed by atoms with Crippen molar-refractivity contribution in [3.8, 4) is 0 Å². The minimum absolute atomic E-state index is 0.0596. The molecule has 0 radical (unpaired) electrons. The van der Waals surface area contributed by atoms with Gasteiger partial charge in [0.05, 0.1) is 4.83 Å². The molecule has 4 heteroatoms. The Morgan fingerprint density at radius 2 is 2.08 bits per heavy atom. The minimum atomic E-state index is -0.0596. The van der Waals surface area contributed by atoms with Crippen molar-refractivity contribution in [1.82, 2.24) is 5.32 Å². The van der Waals surface area contributed by atoms with Crippen molar-refractivity contribution in [1.29, 1.82) is 0 Å². The van der Waals surface area contributed by atoms with Crippen molar-refractivity contribution in [3.05, 3.63) is 0 Å². The first kappa shape index (κ1) is 12.4. The molecule has 0 aliphatic heterocycles.